The van der Waals surface area contributed by atoms with E-state index in [1.165, 1.54) is 0 Å². The predicted octanol–water partition coefficient (Wildman–Crippen LogP) is 1.68. The monoisotopic (exact) mass is 311 g/mol. The zero-order chi connectivity index (χ0) is 16.2. The third-order valence-electron chi connectivity index (χ3n) is 3.69. The summed E-state index contributed by atoms with van der Waals surface area (Å²) in [6, 6.07) is 9.38. The smallest absolute Gasteiger partial charge is 0.256 e. The van der Waals surface area contributed by atoms with Crippen molar-refractivity contribution in [1.29, 1.82) is 5.26 Å². The maximum absolute atomic E-state index is 12.3. The lowest BCUT2D eigenvalue weighted by Gasteiger charge is -2.26. The van der Waals surface area contributed by atoms with Crippen molar-refractivity contribution in [2.24, 2.45) is 0 Å². The van der Waals surface area contributed by atoms with Gasteiger partial charge in [-0.3, -0.25) is 9.89 Å². The summed E-state index contributed by atoms with van der Waals surface area (Å²) in [5, 5.41) is 19.1. The molecule has 118 valence electrons. The number of carbonyl (C=O) groups excluding carboxylic acids is 1. The Kier molecular flexibility index (Phi) is 4.26. The van der Waals surface area contributed by atoms with Gasteiger partial charge in [-0.15, -0.1) is 0 Å². The van der Waals surface area contributed by atoms with E-state index in [2.05, 4.69) is 21.6 Å². The number of H-pyrrole nitrogens is 1. The first kappa shape index (κ1) is 15.1. The van der Waals surface area contributed by atoms with Crippen molar-refractivity contribution in [3.05, 3.63) is 41.0 Å². The van der Waals surface area contributed by atoms with Crippen LogP contribution in [0.4, 0.5) is 11.6 Å². The van der Waals surface area contributed by atoms with Crippen LogP contribution in [0, 0.1) is 18.3 Å². The first-order valence-electron chi connectivity index (χ1n) is 7.38. The standard InChI is InChI=1S/C16H17N5O2/c1-11-3-2-4-12(9-11)16(22)18-14-13(10-17)15(20-19-14)21-5-7-23-8-6-21/h2-4,9H,5-8H2,1H3,(H2,18,19,20,22). The van der Waals surface area contributed by atoms with E-state index in [9.17, 15) is 10.1 Å². The number of carbonyl (C=O) groups is 1. The van der Waals surface area contributed by atoms with Crippen molar-refractivity contribution in [1.82, 2.24) is 10.2 Å². The van der Waals surface area contributed by atoms with E-state index in [-0.39, 0.29) is 5.91 Å². The fourth-order valence-electron chi connectivity index (χ4n) is 2.50. The first-order valence-corrected chi connectivity index (χ1v) is 7.38. The van der Waals surface area contributed by atoms with E-state index in [0.29, 0.717) is 49.1 Å². The summed E-state index contributed by atoms with van der Waals surface area (Å²) < 4.78 is 5.30. The van der Waals surface area contributed by atoms with Gasteiger partial charge in [-0.25, -0.2) is 0 Å². The summed E-state index contributed by atoms with van der Waals surface area (Å²) in [5.41, 5.74) is 1.88. The number of aryl methyl sites for hydroxylation is 1. The van der Waals surface area contributed by atoms with E-state index in [1.807, 2.05) is 24.0 Å². The largest absolute Gasteiger partial charge is 0.378 e. The van der Waals surface area contributed by atoms with Gasteiger partial charge in [0.05, 0.1) is 13.2 Å². The Bertz CT molecular complexity index is 756. The lowest BCUT2D eigenvalue weighted by Crippen LogP contribution is -2.36. The quantitative estimate of drug-likeness (QED) is 0.899. The van der Waals surface area contributed by atoms with Crippen LogP contribution in [0.1, 0.15) is 21.5 Å². The Hall–Kier alpha value is -2.85. The number of nitriles is 1. The third-order valence-corrected chi connectivity index (χ3v) is 3.69. The highest BCUT2D eigenvalue weighted by atomic mass is 16.5. The van der Waals surface area contributed by atoms with Gasteiger partial charge in [0.1, 0.15) is 17.5 Å². The van der Waals surface area contributed by atoms with E-state index in [1.54, 1.807) is 12.1 Å². The molecule has 1 aromatic heterocycles. The van der Waals surface area contributed by atoms with Crippen LogP contribution in [0.15, 0.2) is 24.3 Å². The second kappa shape index (κ2) is 6.50. The number of morpholine rings is 1. The highest BCUT2D eigenvalue weighted by Gasteiger charge is 2.22. The van der Waals surface area contributed by atoms with Crippen molar-refractivity contribution in [2.45, 2.75) is 6.92 Å². The van der Waals surface area contributed by atoms with Crippen molar-refractivity contribution >= 4 is 17.5 Å². The molecule has 1 fully saturated rings. The maximum atomic E-state index is 12.3. The molecule has 3 rings (SSSR count). The van der Waals surface area contributed by atoms with Gasteiger partial charge < -0.3 is 15.0 Å². The lowest BCUT2D eigenvalue weighted by atomic mass is 10.1. The Labute approximate surface area is 133 Å². The molecule has 2 N–H and O–H groups in total. The van der Waals surface area contributed by atoms with Gasteiger partial charge in [-0.1, -0.05) is 17.7 Å². The van der Waals surface area contributed by atoms with Gasteiger partial charge in [-0.05, 0) is 19.1 Å². The summed E-state index contributed by atoms with van der Waals surface area (Å²) in [4.78, 5) is 14.3. The van der Waals surface area contributed by atoms with E-state index < -0.39 is 0 Å². The first-order chi connectivity index (χ1) is 11.2. The molecule has 23 heavy (non-hydrogen) atoms. The number of aromatic amines is 1. The average molecular weight is 311 g/mol. The SMILES string of the molecule is Cc1cccc(C(=O)Nc2[nH]nc(N3CCOCC3)c2C#N)c1. The van der Waals surface area contributed by atoms with Crippen molar-refractivity contribution in [3.8, 4) is 6.07 Å². The minimum atomic E-state index is -0.276. The molecule has 0 saturated carbocycles. The Balaban J connectivity index is 1.82. The van der Waals surface area contributed by atoms with Crippen LogP contribution in [0.5, 0.6) is 0 Å². The molecule has 0 radical (unpaired) electrons. The molecule has 7 heteroatoms. The fourth-order valence-corrected chi connectivity index (χ4v) is 2.50. The molecule has 7 nitrogen and oxygen atoms in total. The molecule has 2 aromatic rings. The molecular weight excluding hydrogens is 294 g/mol. The fraction of sp³-hybridized carbons (Fsp3) is 0.312. The normalized spacial score (nSPS) is 14.3. The lowest BCUT2D eigenvalue weighted by molar-refractivity contribution is 0.102. The number of nitrogens with zero attached hydrogens (tertiary/aromatic N) is 3. The maximum Gasteiger partial charge on any atom is 0.256 e. The van der Waals surface area contributed by atoms with Crippen LogP contribution in [0.2, 0.25) is 0 Å². The van der Waals surface area contributed by atoms with Crippen molar-refractivity contribution in [3.63, 3.8) is 0 Å². The summed E-state index contributed by atoms with van der Waals surface area (Å²) in [6.45, 7) is 4.46. The molecule has 0 spiro atoms. The molecular formula is C16H17N5O2. The molecule has 0 atom stereocenters. The van der Waals surface area contributed by atoms with Gasteiger partial charge in [0.2, 0.25) is 0 Å². The number of hydrogen-bond acceptors (Lipinski definition) is 5. The number of amides is 1. The Morgan fingerprint density at radius 2 is 2.22 bits per heavy atom. The van der Waals surface area contributed by atoms with Crippen LogP contribution < -0.4 is 10.2 Å². The van der Waals surface area contributed by atoms with Gasteiger partial charge in [-0.2, -0.15) is 10.4 Å². The number of nitrogens with one attached hydrogen (secondary N) is 2. The van der Waals surface area contributed by atoms with Gasteiger partial charge >= 0.3 is 0 Å². The predicted molar refractivity (Wildman–Crippen MR) is 85.5 cm³/mol. The number of hydrogen-bond donors (Lipinski definition) is 2. The summed E-state index contributed by atoms with van der Waals surface area (Å²) in [7, 11) is 0. The van der Waals surface area contributed by atoms with Gasteiger partial charge in [0, 0.05) is 18.7 Å². The van der Waals surface area contributed by atoms with E-state index in [4.69, 9.17) is 4.74 Å². The highest BCUT2D eigenvalue weighted by Crippen LogP contribution is 2.25. The second-order valence-corrected chi connectivity index (χ2v) is 5.33. The zero-order valence-electron chi connectivity index (χ0n) is 12.8. The van der Waals surface area contributed by atoms with Gasteiger partial charge in [0.25, 0.3) is 5.91 Å². The number of rotatable bonds is 3. The minimum Gasteiger partial charge on any atom is -0.378 e. The highest BCUT2D eigenvalue weighted by molar-refractivity contribution is 6.04. The van der Waals surface area contributed by atoms with E-state index in [0.717, 1.165) is 5.56 Å². The molecule has 0 bridgehead atoms. The molecule has 1 saturated heterocycles. The van der Waals surface area contributed by atoms with Crippen molar-refractivity contribution < 1.29 is 9.53 Å². The summed E-state index contributed by atoms with van der Waals surface area (Å²) in [6.07, 6.45) is 0. The number of aromatic nitrogens is 2. The van der Waals surface area contributed by atoms with Crippen LogP contribution in [-0.2, 0) is 4.74 Å². The van der Waals surface area contributed by atoms with Crippen molar-refractivity contribution in [2.75, 3.05) is 36.5 Å². The summed E-state index contributed by atoms with van der Waals surface area (Å²) in [5.74, 6) is 0.596. The van der Waals surface area contributed by atoms with Gasteiger partial charge in [0.15, 0.2) is 5.82 Å². The van der Waals surface area contributed by atoms with Crippen LogP contribution >= 0.6 is 0 Å². The van der Waals surface area contributed by atoms with Crippen LogP contribution in [-0.4, -0.2) is 42.4 Å². The molecule has 1 amide bonds. The van der Waals surface area contributed by atoms with Crippen LogP contribution in [0.25, 0.3) is 0 Å². The molecule has 0 unspecified atom stereocenters. The zero-order valence-corrected chi connectivity index (χ0v) is 12.8. The molecule has 0 aliphatic carbocycles. The Morgan fingerprint density at radius 1 is 1.43 bits per heavy atom. The minimum absolute atomic E-state index is 0.276. The third kappa shape index (κ3) is 3.17. The topological polar surface area (TPSA) is 94.0 Å². The molecule has 1 aliphatic heterocycles. The molecule has 1 aliphatic rings. The second-order valence-electron chi connectivity index (χ2n) is 5.33. The Morgan fingerprint density at radius 3 is 2.91 bits per heavy atom. The van der Waals surface area contributed by atoms with Crippen LogP contribution in [0.3, 0.4) is 0 Å². The average Bonchev–Trinajstić information content (AvgIpc) is 2.98. The number of anilines is 2. The molecule has 2 heterocycles. The van der Waals surface area contributed by atoms with E-state index >= 15 is 0 Å². The summed E-state index contributed by atoms with van der Waals surface area (Å²) >= 11 is 0. The molecule has 1 aromatic carbocycles. The number of benzene rings is 1. The number of ether oxygens (including phenoxy) is 1.